The van der Waals surface area contributed by atoms with Crippen molar-refractivity contribution in [3.63, 3.8) is 0 Å². The van der Waals surface area contributed by atoms with E-state index in [2.05, 4.69) is 10.6 Å². The standard InChI is InChI=1S/C20H21ClN4O2/c1-24(2)12-11-22-10-9-19(26)25-17-6-4-3-5-15(17)20(27)23-16-13-14(21)7-8-18(16)25/h3-10,13,22H,11-12H2,1-2H3,(H,23,27)/b10-9+. The third-order valence-corrected chi connectivity index (χ3v) is 4.34. The number of halogens is 1. The smallest absolute Gasteiger partial charge is 0.257 e. The first-order chi connectivity index (χ1) is 13.0. The van der Waals surface area contributed by atoms with Crippen LogP contribution in [0.2, 0.25) is 5.02 Å². The van der Waals surface area contributed by atoms with Gasteiger partial charge in [-0.15, -0.1) is 0 Å². The van der Waals surface area contributed by atoms with E-state index in [1.165, 1.54) is 11.0 Å². The molecule has 7 heteroatoms. The fourth-order valence-electron chi connectivity index (χ4n) is 2.80. The van der Waals surface area contributed by atoms with Crippen molar-refractivity contribution in [2.75, 3.05) is 37.4 Å². The number of nitrogens with one attached hydrogen (secondary N) is 2. The molecule has 0 fully saturated rings. The summed E-state index contributed by atoms with van der Waals surface area (Å²) in [6.07, 6.45) is 3.09. The summed E-state index contributed by atoms with van der Waals surface area (Å²) < 4.78 is 0. The maximum atomic E-state index is 13.0. The van der Waals surface area contributed by atoms with Crippen molar-refractivity contribution >= 4 is 40.5 Å². The first kappa shape index (κ1) is 18.9. The van der Waals surface area contributed by atoms with Crippen LogP contribution < -0.4 is 15.5 Å². The molecule has 0 saturated carbocycles. The van der Waals surface area contributed by atoms with E-state index in [1.807, 2.05) is 19.0 Å². The van der Waals surface area contributed by atoms with Gasteiger partial charge in [0.25, 0.3) is 11.8 Å². The molecule has 0 bridgehead atoms. The number of hydrogen-bond donors (Lipinski definition) is 2. The molecule has 6 nitrogen and oxygen atoms in total. The number of carbonyl (C=O) groups excluding carboxylic acids is 2. The minimum absolute atomic E-state index is 0.264. The summed E-state index contributed by atoms with van der Waals surface area (Å²) in [4.78, 5) is 29.1. The molecule has 2 amide bonds. The topological polar surface area (TPSA) is 64.7 Å². The Labute approximate surface area is 163 Å². The number of nitrogens with zero attached hydrogens (tertiary/aromatic N) is 2. The Hall–Kier alpha value is -2.83. The van der Waals surface area contributed by atoms with Crippen molar-refractivity contribution in [1.29, 1.82) is 0 Å². The van der Waals surface area contributed by atoms with E-state index < -0.39 is 0 Å². The highest BCUT2D eigenvalue weighted by atomic mass is 35.5. The van der Waals surface area contributed by atoms with Crippen LogP contribution >= 0.6 is 11.6 Å². The van der Waals surface area contributed by atoms with Crippen molar-refractivity contribution in [1.82, 2.24) is 10.2 Å². The van der Waals surface area contributed by atoms with Gasteiger partial charge in [0, 0.05) is 30.4 Å². The molecule has 3 rings (SSSR count). The molecule has 140 valence electrons. The molecule has 2 N–H and O–H groups in total. The van der Waals surface area contributed by atoms with E-state index in [-0.39, 0.29) is 11.8 Å². The highest BCUT2D eigenvalue weighted by Gasteiger charge is 2.28. The van der Waals surface area contributed by atoms with E-state index in [9.17, 15) is 9.59 Å². The highest BCUT2D eigenvalue weighted by molar-refractivity contribution is 6.31. The van der Waals surface area contributed by atoms with E-state index in [0.29, 0.717) is 27.6 Å². The van der Waals surface area contributed by atoms with E-state index in [4.69, 9.17) is 11.6 Å². The number of fused-ring (bicyclic) bond motifs is 2. The molecule has 0 atom stereocenters. The van der Waals surface area contributed by atoms with Gasteiger partial charge in [-0.3, -0.25) is 14.5 Å². The molecule has 2 aromatic carbocycles. The second kappa shape index (κ2) is 8.24. The number of amides is 2. The third-order valence-electron chi connectivity index (χ3n) is 4.10. The van der Waals surface area contributed by atoms with Crippen LogP contribution in [0.15, 0.2) is 54.7 Å². The van der Waals surface area contributed by atoms with Gasteiger partial charge in [0.2, 0.25) is 0 Å². The molecule has 0 radical (unpaired) electrons. The Morgan fingerprint density at radius 3 is 2.78 bits per heavy atom. The van der Waals surface area contributed by atoms with Gasteiger partial charge < -0.3 is 15.5 Å². The highest BCUT2D eigenvalue weighted by Crippen LogP contribution is 2.39. The molecule has 2 aromatic rings. The molecule has 0 unspecified atom stereocenters. The van der Waals surface area contributed by atoms with Gasteiger partial charge >= 0.3 is 0 Å². The summed E-state index contributed by atoms with van der Waals surface area (Å²) in [5, 5.41) is 6.41. The Morgan fingerprint density at radius 1 is 1.22 bits per heavy atom. The number of benzene rings is 2. The quantitative estimate of drug-likeness (QED) is 0.613. The second-order valence-corrected chi connectivity index (χ2v) is 6.83. The summed E-state index contributed by atoms with van der Waals surface area (Å²) in [6.45, 7) is 1.57. The minimum atomic E-state index is -0.280. The summed E-state index contributed by atoms with van der Waals surface area (Å²) in [6, 6.07) is 12.1. The number of anilines is 3. The van der Waals surface area contributed by atoms with Crippen molar-refractivity contribution in [2.45, 2.75) is 0 Å². The predicted octanol–water partition coefficient (Wildman–Crippen LogP) is 3.24. The van der Waals surface area contributed by atoms with Crippen LogP contribution in [-0.2, 0) is 4.79 Å². The van der Waals surface area contributed by atoms with Gasteiger partial charge in [-0.2, -0.15) is 0 Å². The Balaban J connectivity index is 1.95. The Bertz CT molecular complexity index is 895. The molecule has 0 spiro atoms. The van der Waals surface area contributed by atoms with Gasteiger partial charge in [-0.1, -0.05) is 23.7 Å². The first-order valence-electron chi connectivity index (χ1n) is 8.56. The third kappa shape index (κ3) is 4.30. The lowest BCUT2D eigenvalue weighted by molar-refractivity contribution is -0.113. The minimum Gasteiger partial charge on any atom is -0.389 e. The number of rotatable bonds is 5. The lowest BCUT2D eigenvalue weighted by Crippen LogP contribution is -2.26. The number of likely N-dealkylation sites (N-methyl/N-ethyl adjacent to an activating group) is 1. The molecule has 0 aliphatic carbocycles. The zero-order valence-electron chi connectivity index (χ0n) is 15.2. The molecule has 0 aromatic heterocycles. The van der Waals surface area contributed by atoms with Gasteiger partial charge in [-0.05, 0) is 44.4 Å². The molecule has 1 heterocycles. The van der Waals surface area contributed by atoms with Gasteiger partial charge in [-0.25, -0.2) is 0 Å². The van der Waals surface area contributed by atoms with Crippen molar-refractivity contribution < 1.29 is 9.59 Å². The second-order valence-electron chi connectivity index (χ2n) is 6.40. The predicted molar refractivity (Wildman–Crippen MR) is 109 cm³/mol. The monoisotopic (exact) mass is 384 g/mol. The summed E-state index contributed by atoms with van der Waals surface area (Å²) in [5.41, 5.74) is 2.01. The van der Waals surface area contributed by atoms with Crippen LogP contribution in [0.25, 0.3) is 0 Å². The number of hydrogen-bond acceptors (Lipinski definition) is 4. The van der Waals surface area contributed by atoms with Crippen LogP contribution in [0.5, 0.6) is 0 Å². The lowest BCUT2D eigenvalue weighted by Gasteiger charge is -2.22. The molecular formula is C20H21ClN4O2. The molecule has 27 heavy (non-hydrogen) atoms. The van der Waals surface area contributed by atoms with Gasteiger partial charge in [0.05, 0.1) is 22.6 Å². The van der Waals surface area contributed by atoms with E-state index in [0.717, 1.165) is 13.1 Å². The number of para-hydroxylation sites is 1. The SMILES string of the molecule is CN(C)CCN/C=C/C(=O)N1c2ccc(Cl)cc2NC(=O)c2ccccc21. The fourth-order valence-corrected chi connectivity index (χ4v) is 2.97. The zero-order chi connectivity index (χ0) is 19.4. The normalized spacial score (nSPS) is 13.2. The maximum absolute atomic E-state index is 13.0. The van der Waals surface area contributed by atoms with Gasteiger partial charge in [0.1, 0.15) is 0 Å². The van der Waals surface area contributed by atoms with E-state index >= 15 is 0 Å². The largest absolute Gasteiger partial charge is 0.389 e. The van der Waals surface area contributed by atoms with Crippen LogP contribution in [0.4, 0.5) is 17.1 Å². The molecule has 0 saturated heterocycles. The number of carbonyl (C=O) groups is 2. The Kier molecular flexibility index (Phi) is 5.78. The van der Waals surface area contributed by atoms with Crippen LogP contribution in [-0.4, -0.2) is 43.9 Å². The fraction of sp³-hybridized carbons (Fsp3) is 0.200. The molecular weight excluding hydrogens is 364 g/mol. The summed E-state index contributed by atoms with van der Waals surface area (Å²) >= 11 is 6.08. The van der Waals surface area contributed by atoms with Crippen molar-refractivity contribution in [3.05, 3.63) is 65.3 Å². The van der Waals surface area contributed by atoms with E-state index in [1.54, 1.807) is 48.7 Å². The zero-order valence-corrected chi connectivity index (χ0v) is 16.0. The first-order valence-corrected chi connectivity index (χ1v) is 8.94. The van der Waals surface area contributed by atoms with Crippen LogP contribution in [0, 0.1) is 0 Å². The lowest BCUT2D eigenvalue weighted by atomic mass is 10.1. The summed E-state index contributed by atoms with van der Waals surface area (Å²) in [5.74, 6) is -0.544. The molecule has 1 aliphatic heterocycles. The van der Waals surface area contributed by atoms with Crippen molar-refractivity contribution in [3.8, 4) is 0 Å². The summed E-state index contributed by atoms with van der Waals surface area (Å²) in [7, 11) is 3.97. The average molecular weight is 385 g/mol. The van der Waals surface area contributed by atoms with Crippen molar-refractivity contribution in [2.24, 2.45) is 0 Å². The van der Waals surface area contributed by atoms with Gasteiger partial charge in [0.15, 0.2) is 0 Å². The Morgan fingerprint density at radius 2 is 2.00 bits per heavy atom. The van der Waals surface area contributed by atoms with Crippen LogP contribution in [0.1, 0.15) is 10.4 Å². The van der Waals surface area contributed by atoms with Crippen LogP contribution in [0.3, 0.4) is 0 Å². The maximum Gasteiger partial charge on any atom is 0.257 e. The average Bonchev–Trinajstić information content (AvgIpc) is 2.75. The molecule has 1 aliphatic rings.